The number of halogens is 1. The van der Waals surface area contributed by atoms with Gasteiger partial charge in [-0.2, -0.15) is 0 Å². The van der Waals surface area contributed by atoms with E-state index < -0.39 is 4.92 Å². The van der Waals surface area contributed by atoms with Crippen LogP contribution in [-0.4, -0.2) is 35.7 Å². The molecule has 1 fully saturated rings. The van der Waals surface area contributed by atoms with Crippen LogP contribution in [0.1, 0.15) is 19.8 Å². The third-order valence-electron chi connectivity index (χ3n) is 3.14. The van der Waals surface area contributed by atoms with Gasteiger partial charge in [0.2, 0.25) is 5.82 Å². The van der Waals surface area contributed by atoms with Gasteiger partial charge in [-0.15, -0.1) is 0 Å². The molecule has 7 heteroatoms. The van der Waals surface area contributed by atoms with Crippen molar-refractivity contribution in [2.24, 2.45) is 0 Å². The summed E-state index contributed by atoms with van der Waals surface area (Å²) in [5.41, 5.74) is 0.0224. The van der Waals surface area contributed by atoms with E-state index in [2.05, 4.69) is 20.9 Å². The first-order valence-electron chi connectivity index (χ1n) is 6.28. The summed E-state index contributed by atoms with van der Waals surface area (Å²) in [4.78, 5) is 16.8. The van der Waals surface area contributed by atoms with Crippen LogP contribution in [0.3, 0.4) is 0 Å². The van der Waals surface area contributed by atoms with Crippen molar-refractivity contribution in [1.82, 2.24) is 4.98 Å². The quantitative estimate of drug-likeness (QED) is 0.613. The summed E-state index contributed by atoms with van der Waals surface area (Å²) < 4.78 is 6.19. The first-order valence-corrected chi connectivity index (χ1v) is 7.07. The summed E-state index contributed by atoms with van der Waals surface area (Å²) in [5.74, 6) is 0.409. The van der Waals surface area contributed by atoms with Crippen LogP contribution in [0, 0.1) is 10.1 Å². The minimum Gasteiger partial charge on any atom is -0.376 e. The summed E-state index contributed by atoms with van der Waals surface area (Å²) in [6.07, 6.45) is 3.78. The molecule has 0 bridgehead atoms. The number of anilines is 1. The minimum atomic E-state index is -0.398. The Balaban J connectivity index is 2.23. The topological polar surface area (TPSA) is 68.5 Å². The maximum Gasteiger partial charge on any atom is 0.312 e. The lowest BCUT2D eigenvalue weighted by atomic mass is 10.2. The second-order valence-corrected chi connectivity index (χ2v) is 5.34. The molecule has 1 aromatic rings. The van der Waals surface area contributed by atoms with E-state index in [4.69, 9.17) is 4.74 Å². The molecule has 0 saturated carbocycles. The van der Waals surface area contributed by atoms with E-state index in [0.29, 0.717) is 23.4 Å². The summed E-state index contributed by atoms with van der Waals surface area (Å²) in [6.45, 7) is 4.04. The number of nitrogens with zero attached hydrogens (tertiary/aromatic N) is 3. The van der Waals surface area contributed by atoms with Crippen molar-refractivity contribution in [2.45, 2.75) is 25.9 Å². The van der Waals surface area contributed by atoms with E-state index in [-0.39, 0.29) is 11.8 Å². The van der Waals surface area contributed by atoms with Gasteiger partial charge in [-0.1, -0.05) is 0 Å². The third-order valence-corrected chi connectivity index (χ3v) is 3.57. The Bertz CT molecular complexity index is 464. The van der Waals surface area contributed by atoms with E-state index in [9.17, 15) is 10.1 Å². The van der Waals surface area contributed by atoms with E-state index in [0.717, 1.165) is 19.4 Å². The molecule has 0 aromatic carbocycles. The zero-order valence-corrected chi connectivity index (χ0v) is 12.3. The number of ether oxygens (including phenoxy) is 1. The molecular formula is C12H16BrN3O3. The monoisotopic (exact) mass is 329 g/mol. The van der Waals surface area contributed by atoms with Gasteiger partial charge in [-0.05, 0) is 35.7 Å². The highest BCUT2D eigenvalue weighted by molar-refractivity contribution is 9.10. The van der Waals surface area contributed by atoms with E-state index in [1.54, 1.807) is 6.20 Å². The summed E-state index contributed by atoms with van der Waals surface area (Å²) in [5, 5.41) is 11.1. The predicted molar refractivity (Wildman–Crippen MR) is 75.5 cm³/mol. The van der Waals surface area contributed by atoms with Crippen molar-refractivity contribution in [2.75, 3.05) is 24.6 Å². The molecule has 2 rings (SSSR count). The molecule has 0 radical (unpaired) electrons. The van der Waals surface area contributed by atoms with Crippen LogP contribution in [-0.2, 0) is 4.74 Å². The lowest BCUT2D eigenvalue weighted by Gasteiger charge is -2.24. The van der Waals surface area contributed by atoms with Crippen LogP contribution < -0.4 is 4.90 Å². The SMILES string of the molecule is CCN(CC1CCCO1)c1ncc(Br)cc1[N+](=O)[O-]. The Labute approximate surface area is 120 Å². The highest BCUT2D eigenvalue weighted by Crippen LogP contribution is 2.29. The molecular weight excluding hydrogens is 314 g/mol. The molecule has 1 saturated heterocycles. The smallest absolute Gasteiger partial charge is 0.312 e. The summed E-state index contributed by atoms with van der Waals surface area (Å²) in [6, 6.07) is 1.49. The molecule has 104 valence electrons. The molecule has 0 spiro atoms. The zero-order chi connectivity index (χ0) is 13.8. The Morgan fingerprint density at radius 3 is 3.05 bits per heavy atom. The number of nitro groups is 1. The Hall–Kier alpha value is -1.21. The first-order chi connectivity index (χ1) is 9.11. The first kappa shape index (κ1) is 14.2. The van der Waals surface area contributed by atoms with Gasteiger partial charge >= 0.3 is 5.69 Å². The molecule has 19 heavy (non-hydrogen) atoms. The van der Waals surface area contributed by atoms with E-state index >= 15 is 0 Å². The second kappa shape index (κ2) is 6.29. The van der Waals surface area contributed by atoms with Crippen LogP contribution in [0.5, 0.6) is 0 Å². The van der Waals surface area contributed by atoms with Crippen molar-refractivity contribution in [3.05, 3.63) is 26.9 Å². The maximum atomic E-state index is 11.1. The normalized spacial score (nSPS) is 18.5. The van der Waals surface area contributed by atoms with Crippen LogP contribution in [0.15, 0.2) is 16.7 Å². The van der Waals surface area contributed by atoms with Crippen LogP contribution in [0.2, 0.25) is 0 Å². The van der Waals surface area contributed by atoms with Crippen molar-refractivity contribution < 1.29 is 9.66 Å². The molecule has 6 nitrogen and oxygen atoms in total. The Kier molecular flexibility index (Phi) is 4.71. The average Bonchev–Trinajstić information content (AvgIpc) is 2.89. The van der Waals surface area contributed by atoms with Crippen LogP contribution in [0.4, 0.5) is 11.5 Å². The number of hydrogen-bond donors (Lipinski definition) is 0. The van der Waals surface area contributed by atoms with Gasteiger partial charge in [0.25, 0.3) is 0 Å². The van der Waals surface area contributed by atoms with Crippen molar-refractivity contribution in [3.63, 3.8) is 0 Å². The molecule has 1 aliphatic rings. The van der Waals surface area contributed by atoms with Gasteiger partial charge in [0.05, 0.1) is 11.0 Å². The molecule has 0 amide bonds. The third kappa shape index (κ3) is 3.42. The fourth-order valence-electron chi connectivity index (χ4n) is 2.20. The molecule has 2 heterocycles. The highest BCUT2D eigenvalue weighted by atomic mass is 79.9. The van der Waals surface area contributed by atoms with E-state index in [1.807, 2.05) is 11.8 Å². The largest absolute Gasteiger partial charge is 0.376 e. The Morgan fingerprint density at radius 1 is 1.68 bits per heavy atom. The lowest BCUT2D eigenvalue weighted by Crippen LogP contribution is -2.33. The second-order valence-electron chi connectivity index (χ2n) is 4.43. The number of pyridine rings is 1. The number of hydrogen-bond acceptors (Lipinski definition) is 5. The van der Waals surface area contributed by atoms with Gasteiger partial charge in [-0.3, -0.25) is 10.1 Å². The lowest BCUT2D eigenvalue weighted by molar-refractivity contribution is -0.384. The van der Waals surface area contributed by atoms with Gasteiger partial charge in [0.1, 0.15) is 0 Å². The van der Waals surface area contributed by atoms with Gasteiger partial charge < -0.3 is 9.64 Å². The molecule has 0 aliphatic carbocycles. The number of aromatic nitrogens is 1. The van der Waals surface area contributed by atoms with Crippen molar-refractivity contribution in [3.8, 4) is 0 Å². The Morgan fingerprint density at radius 2 is 2.47 bits per heavy atom. The standard InChI is InChI=1S/C12H16BrN3O3/c1-2-15(8-10-4-3-5-19-10)12-11(16(17)18)6-9(13)7-14-12/h6-7,10H,2-5,8H2,1H3. The average molecular weight is 330 g/mol. The van der Waals surface area contributed by atoms with Crippen LogP contribution >= 0.6 is 15.9 Å². The van der Waals surface area contributed by atoms with Gasteiger partial charge in [0.15, 0.2) is 0 Å². The maximum absolute atomic E-state index is 11.1. The molecule has 0 N–H and O–H groups in total. The van der Waals surface area contributed by atoms with Crippen LogP contribution in [0.25, 0.3) is 0 Å². The fourth-order valence-corrected chi connectivity index (χ4v) is 2.52. The van der Waals surface area contributed by atoms with Crippen molar-refractivity contribution in [1.29, 1.82) is 0 Å². The fraction of sp³-hybridized carbons (Fsp3) is 0.583. The highest BCUT2D eigenvalue weighted by Gasteiger charge is 2.25. The van der Waals surface area contributed by atoms with Crippen molar-refractivity contribution >= 4 is 27.4 Å². The molecule has 1 atom stereocenters. The minimum absolute atomic E-state index is 0.0224. The summed E-state index contributed by atoms with van der Waals surface area (Å²) >= 11 is 3.21. The molecule has 1 aliphatic heterocycles. The molecule has 1 aromatic heterocycles. The zero-order valence-electron chi connectivity index (χ0n) is 10.7. The molecule has 1 unspecified atom stereocenters. The van der Waals surface area contributed by atoms with Gasteiger partial charge in [0, 0.05) is 36.4 Å². The van der Waals surface area contributed by atoms with Gasteiger partial charge in [-0.25, -0.2) is 4.98 Å². The number of rotatable bonds is 5. The predicted octanol–water partition coefficient (Wildman–Crippen LogP) is 2.76. The summed E-state index contributed by atoms with van der Waals surface area (Å²) in [7, 11) is 0. The van der Waals surface area contributed by atoms with E-state index in [1.165, 1.54) is 6.07 Å². The number of likely N-dealkylation sites (N-methyl/N-ethyl adjacent to an activating group) is 1.